The van der Waals surface area contributed by atoms with E-state index in [-0.39, 0.29) is 17.4 Å². The van der Waals surface area contributed by atoms with Crippen LogP contribution in [0.1, 0.15) is 23.2 Å². The van der Waals surface area contributed by atoms with Gasteiger partial charge in [-0.25, -0.2) is 4.52 Å². The number of rotatable bonds is 1. The first kappa shape index (κ1) is 10.5. The van der Waals surface area contributed by atoms with Gasteiger partial charge in [0.15, 0.2) is 0 Å². The van der Waals surface area contributed by atoms with E-state index in [1.54, 1.807) is 10.7 Å². The van der Waals surface area contributed by atoms with E-state index < -0.39 is 0 Å². The Hall–Kier alpha value is -1.40. The molecule has 0 radical (unpaired) electrons. The molecular formula is C12H13N3O2S. The van der Waals surface area contributed by atoms with Gasteiger partial charge in [0.1, 0.15) is 4.83 Å². The lowest BCUT2D eigenvalue weighted by Crippen LogP contribution is -2.64. The molecule has 1 N–H and O–H groups in total. The monoisotopic (exact) mass is 263 g/mol. The van der Waals surface area contributed by atoms with Crippen molar-refractivity contribution < 1.29 is 9.90 Å². The van der Waals surface area contributed by atoms with Gasteiger partial charge in [0.25, 0.3) is 5.91 Å². The summed E-state index contributed by atoms with van der Waals surface area (Å²) in [6.45, 7) is 1.57. The summed E-state index contributed by atoms with van der Waals surface area (Å²) in [5, 5.41) is 15.4. The number of aliphatic hydroxyl groups excluding tert-OH is 1. The highest BCUT2D eigenvalue weighted by Gasteiger charge is 2.53. The van der Waals surface area contributed by atoms with Gasteiger partial charge in [-0.1, -0.05) is 0 Å². The number of hydrogen-bond donors (Lipinski definition) is 1. The predicted octanol–water partition coefficient (Wildman–Crippen LogP) is 0.993. The van der Waals surface area contributed by atoms with E-state index in [1.165, 1.54) is 11.3 Å². The van der Waals surface area contributed by atoms with Crippen LogP contribution in [0.5, 0.6) is 0 Å². The van der Waals surface area contributed by atoms with Crippen LogP contribution in [0, 0.1) is 5.41 Å². The minimum Gasteiger partial charge on any atom is -0.393 e. The molecule has 6 heteroatoms. The van der Waals surface area contributed by atoms with Crippen LogP contribution in [0.4, 0.5) is 0 Å². The van der Waals surface area contributed by atoms with E-state index >= 15 is 0 Å². The largest absolute Gasteiger partial charge is 0.393 e. The summed E-state index contributed by atoms with van der Waals surface area (Å²) in [5.74, 6) is 0.0689. The van der Waals surface area contributed by atoms with Crippen LogP contribution < -0.4 is 0 Å². The molecule has 0 atom stereocenters. The fourth-order valence-corrected chi connectivity index (χ4v) is 3.94. The lowest BCUT2D eigenvalue weighted by atomic mass is 9.62. The molecule has 1 saturated carbocycles. The third-order valence-corrected chi connectivity index (χ3v) is 4.93. The van der Waals surface area contributed by atoms with Gasteiger partial charge in [-0.15, -0.1) is 11.3 Å². The molecule has 2 aromatic heterocycles. The Labute approximate surface area is 108 Å². The second-order valence-electron chi connectivity index (χ2n) is 5.43. The quantitative estimate of drug-likeness (QED) is 0.835. The predicted molar refractivity (Wildman–Crippen MR) is 66.6 cm³/mol. The first-order valence-electron chi connectivity index (χ1n) is 6.05. The van der Waals surface area contributed by atoms with Gasteiger partial charge in [-0.3, -0.25) is 4.79 Å². The van der Waals surface area contributed by atoms with Crippen molar-refractivity contribution in [1.29, 1.82) is 0 Å². The van der Waals surface area contributed by atoms with Gasteiger partial charge in [-0.2, -0.15) is 5.10 Å². The third kappa shape index (κ3) is 1.30. The average Bonchev–Trinajstić information content (AvgIpc) is 2.81. The molecule has 0 unspecified atom stereocenters. The van der Waals surface area contributed by atoms with E-state index in [0.29, 0.717) is 5.56 Å². The van der Waals surface area contributed by atoms with Gasteiger partial charge in [-0.05, 0) is 12.8 Å². The van der Waals surface area contributed by atoms with Crippen LogP contribution in [-0.2, 0) is 0 Å². The lowest BCUT2D eigenvalue weighted by molar-refractivity contribution is -0.113. The topological polar surface area (TPSA) is 57.8 Å². The molecule has 1 aliphatic heterocycles. The molecule has 0 aromatic carbocycles. The van der Waals surface area contributed by atoms with Gasteiger partial charge in [0.05, 0.1) is 17.9 Å². The maximum Gasteiger partial charge on any atom is 0.258 e. The second kappa shape index (κ2) is 3.33. The van der Waals surface area contributed by atoms with Crippen molar-refractivity contribution in [1.82, 2.24) is 14.5 Å². The number of carbonyl (C=O) groups is 1. The molecule has 4 rings (SSSR count). The first-order chi connectivity index (χ1) is 8.67. The molecule has 18 heavy (non-hydrogen) atoms. The molecule has 1 spiro atoms. The summed E-state index contributed by atoms with van der Waals surface area (Å²) in [6.07, 6.45) is 5.05. The van der Waals surface area contributed by atoms with Crippen molar-refractivity contribution in [2.24, 2.45) is 5.41 Å². The minimum atomic E-state index is -0.151. The van der Waals surface area contributed by atoms with Crippen molar-refractivity contribution in [3.05, 3.63) is 23.3 Å². The number of aromatic nitrogens is 2. The molecule has 94 valence electrons. The molecule has 5 nitrogen and oxygen atoms in total. The van der Waals surface area contributed by atoms with Crippen molar-refractivity contribution >= 4 is 22.1 Å². The van der Waals surface area contributed by atoms with Crippen LogP contribution in [0.25, 0.3) is 4.83 Å². The van der Waals surface area contributed by atoms with Crippen molar-refractivity contribution in [2.75, 3.05) is 13.1 Å². The van der Waals surface area contributed by atoms with E-state index in [4.69, 9.17) is 0 Å². The Morgan fingerprint density at radius 1 is 1.50 bits per heavy atom. The summed E-state index contributed by atoms with van der Waals surface area (Å²) in [6, 6.07) is 0. The van der Waals surface area contributed by atoms with E-state index in [1.807, 2.05) is 16.5 Å². The zero-order valence-electron chi connectivity index (χ0n) is 9.74. The molecule has 2 aromatic rings. The van der Waals surface area contributed by atoms with E-state index in [0.717, 1.165) is 30.8 Å². The first-order valence-corrected chi connectivity index (χ1v) is 6.93. The Balaban J connectivity index is 1.54. The Bertz CT molecular complexity index is 618. The summed E-state index contributed by atoms with van der Waals surface area (Å²) >= 11 is 1.53. The molecule has 1 saturated heterocycles. The highest BCUT2D eigenvalue weighted by molar-refractivity contribution is 7.15. The van der Waals surface area contributed by atoms with Gasteiger partial charge in [0.2, 0.25) is 0 Å². The fourth-order valence-electron chi connectivity index (χ4n) is 3.15. The molecular weight excluding hydrogens is 250 g/mol. The highest BCUT2D eigenvalue weighted by Crippen LogP contribution is 2.48. The number of carbonyl (C=O) groups excluding carboxylic acids is 1. The van der Waals surface area contributed by atoms with Crippen molar-refractivity contribution in [3.63, 3.8) is 0 Å². The lowest BCUT2D eigenvalue weighted by Gasteiger charge is -2.57. The summed E-state index contributed by atoms with van der Waals surface area (Å²) < 4.78 is 1.74. The summed E-state index contributed by atoms with van der Waals surface area (Å²) in [4.78, 5) is 15.1. The Morgan fingerprint density at radius 3 is 3.00 bits per heavy atom. The molecule has 3 heterocycles. The molecule has 1 amide bonds. The number of likely N-dealkylation sites (tertiary alicyclic amines) is 1. The smallest absolute Gasteiger partial charge is 0.258 e. The SMILES string of the molecule is O=C(c1cnn2ccsc12)N1CC2(CC(O)C2)C1. The van der Waals surface area contributed by atoms with E-state index in [2.05, 4.69) is 5.10 Å². The van der Waals surface area contributed by atoms with Gasteiger partial charge < -0.3 is 10.0 Å². The molecule has 0 bridgehead atoms. The fraction of sp³-hybridized carbons (Fsp3) is 0.500. The van der Waals surface area contributed by atoms with Crippen LogP contribution in [-0.4, -0.2) is 44.7 Å². The average molecular weight is 263 g/mol. The normalized spacial score (nSPS) is 22.2. The third-order valence-electron chi connectivity index (χ3n) is 4.04. The number of nitrogens with zero attached hydrogens (tertiary/aromatic N) is 3. The molecule has 1 aliphatic carbocycles. The summed E-state index contributed by atoms with van der Waals surface area (Å²) in [7, 11) is 0. The van der Waals surface area contributed by atoms with Gasteiger partial charge in [0, 0.05) is 30.1 Å². The van der Waals surface area contributed by atoms with Crippen LogP contribution in [0.2, 0.25) is 0 Å². The maximum atomic E-state index is 12.3. The number of amides is 1. The highest BCUT2D eigenvalue weighted by atomic mass is 32.1. The zero-order valence-corrected chi connectivity index (χ0v) is 10.6. The standard InChI is InChI=1S/C12H13N3O2S/c16-8-3-12(4-8)6-14(7-12)10(17)9-5-13-15-1-2-18-11(9)15/h1-2,5,8,16H,3-4,6-7H2. The van der Waals surface area contributed by atoms with Crippen LogP contribution in [0.15, 0.2) is 17.8 Å². The number of hydrogen-bond acceptors (Lipinski definition) is 4. The van der Waals surface area contributed by atoms with Crippen molar-refractivity contribution in [3.8, 4) is 0 Å². The number of thiazole rings is 1. The zero-order chi connectivity index (χ0) is 12.3. The van der Waals surface area contributed by atoms with E-state index in [9.17, 15) is 9.90 Å². The Morgan fingerprint density at radius 2 is 2.28 bits per heavy atom. The van der Waals surface area contributed by atoms with Crippen LogP contribution >= 0.6 is 11.3 Å². The summed E-state index contributed by atoms with van der Waals surface area (Å²) in [5.41, 5.74) is 0.913. The van der Waals surface area contributed by atoms with Gasteiger partial charge >= 0.3 is 0 Å². The van der Waals surface area contributed by atoms with Crippen molar-refractivity contribution in [2.45, 2.75) is 18.9 Å². The molecule has 2 aliphatic rings. The molecule has 2 fully saturated rings. The van der Waals surface area contributed by atoms with Crippen LogP contribution in [0.3, 0.4) is 0 Å². The minimum absolute atomic E-state index is 0.0689. The second-order valence-corrected chi connectivity index (χ2v) is 6.33. The number of aliphatic hydroxyl groups is 1. The Kier molecular flexibility index (Phi) is 1.95. The maximum absolute atomic E-state index is 12.3. The number of fused-ring (bicyclic) bond motifs is 1.